The Labute approximate surface area is 103 Å². The lowest BCUT2D eigenvalue weighted by Crippen LogP contribution is -2.47. The minimum Gasteiger partial charge on any atom is -0.378 e. The van der Waals surface area contributed by atoms with Crippen LogP contribution in [0.3, 0.4) is 0 Å². The van der Waals surface area contributed by atoms with Gasteiger partial charge in [-0.1, -0.05) is 0 Å². The van der Waals surface area contributed by atoms with Gasteiger partial charge in [0.15, 0.2) is 0 Å². The second-order valence-electron chi connectivity index (χ2n) is 5.56. The van der Waals surface area contributed by atoms with E-state index in [1.165, 1.54) is 12.8 Å². The topological polar surface area (TPSA) is 50.4 Å². The number of hydrogen-bond acceptors (Lipinski definition) is 3. The summed E-state index contributed by atoms with van der Waals surface area (Å²) in [5.74, 6) is 0.131. The maximum absolute atomic E-state index is 11.8. The van der Waals surface area contributed by atoms with Crippen molar-refractivity contribution in [1.29, 1.82) is 0 Å². The van der Waals surface area contributed by atoms with E-state index in [4.69, 9.17) is 4.74 Å². The molecule has 2 saturated heterocycles. The third-order valence-electron chi connectivity index (χ3n) is 3.82. The fourth-order valence-electron chi connectivity index (χ4n) is 2.65. The summed E-state index contributed by atoms with van der Waals surface area (Å²) in [6.45, 7) is 4.80. The molecule has 4 heteroatoms. The SMILES string of the molecule is CC1(CNC(=O)CC2CCCCO2)CCCN1. The van der Waals surface area contributed by atoms with Crippen molar-refractivity contribution >= 4 is 5.91 Å². The molecule has 2 aliphatic heterocycles. The molecule has 2 unspecified atom stereocenters. The van der Waals surface area contributed by atoms with Crippen molar-refractivity contribution in [3.05, 3.63) is 0 Å². The Balaban J connectivity index is 1.66. The molecule has 0 aromatic carbocycles. The fourth-order valence-corrected chi connectivity index (χ4v) is 2.65. The Hall–Kier alpha value is -0.610. The van der Waals surface area contributed by atoms with E-state index in [-0.39, 0.29) is 17.6 Å². The molecule has 1 amide bonds. The third kappa shape index (κ3) is 3.96. The highest BCUT2D eigenvalue weighted by atomic mass is 16.5. The van der Waals surface area contributed by atoms with Gasteiger partial charge in [-0.2, -0.15) is 0 Å². The Morgan fingerprint density at radius 2 is 2.35 bits per heavy atom. The van der Waals surface area contributed by atoms with E-state index in [9.17, 15) is 4.79 Å². The first-order valence-corrected chi connectivity index (χ1v) is 6.81. The summed E-state index contributed by atoms with van der Waals surface area (Å²) in [7, 11) is 0. The van der Waals surface area contributed by atoms with Gasteiger partial charge in [0.25, 0.3) is 0 Å². The second kappa shape index (κ2) is 5.83. The Bertz CT molecular complexity index is 256. The molecule has 2 atom stereocenters. The van der Waals surface area contributed by atoms with Gasteiger partial charge in [-0.15, -0.1) is 0 Å². The normalized spacial score (nSPS) is 33.6. The smallest absolute Gasteiger partial charge is 0.222 e. The van der Waals surface area contributed by atoms with E-state index in [0.717, 1.165) is 39.0 Å². The molecule has 2 aliphatic rings. The van der Waals surface area contributed by atoms with E-state index in [2.05, 4.69) is 17.6 Å². The molecule has 0 aromatic heterocycles. The molecule has 2 fully saturated rings. The highest BCUT2D eigenvalue weighted by molar-refractivity contribution is 5.76. The van der Waals surface area contributed by atoms with Gasteiger partial charge >= 0.3 is 0 Å². The molecule has 0 spiro atoms. The number of carbonyl (C=O) groups excluding carboxylic acids is 1. The second-order valence-corrected chi connectivity index (χ2v) is 5.56. The Morgan fingerprint density at radius 1 is 1.47 bits per heavy atom. The van der Waals surface area contributed by atoms with Crippen molar-refractivity contribution in [3.8, 4) is 0 Å². The Kier molecular flexibility index (Phi) is 4.40. The van der Waals surface area contributed by atoms with Crippen LogP contribution in [0.4, 0.5) is 0 Å². The van der Waals surface area contributed by atoms with Crippen LogP contribution in [-0.4, -0.2) is 37.2 Å². The van der Waals surface area contributed by atoms with Gasteiger partial charge in [0.2, 0.25) is 5.91 Å². The van der Waals surface area contributed by atoms with Gasteiger partial charge in [0.05, 0.1) is 12.5 Å². The first kappa shape index (κ1) is 12.8. The van der Waals surface area contributed by atoms with E-state index in [1.54, 1.807) is 0 Å². The van der Waals surface area contributed by atoms with Gasteiger partial charge in [-0.05, 0) is 45.6 Å². The molecule has 0 aromatic rings. The summed E-state index contributed by atoms with van der Waals surface area (Å²) >= 11 is 0. The number of ether oxygens (including phenoxy) is 1. The first-order chi connectivity index (χ1) is 8.18. The molecule has 0 bridgehead atoms. The van der Waals surface area contributed by atoms with Crippen LogP contribution in [0.5, 0.6) is 0 Å². The number of carbonyl (C=O) groups is 1. The molecular formula is C13H24N2O2. The first-order valence-electron chi connectivity index (χ1n) is 6.81. The third-order valence-corrected chi connectivity index (χ3v) is 3.82. The number of amides is 1. The molecule has 2 heterocycles. The van der Waals surface area contributed by atoms with Gasteiger partial charge in [-0.25, -0.2) is 0 Å². The van der Waals surface area contributed by atoms with Crippen molar-refractivity contribution in [1.82, 2.24) is 10.6 Å². The number of hydrogen-bond donors (Lipinski definition) is 2. The minimum absolute atomic E-state index is 0.100. The zero-order valence-electron chi connectivity index (χ0n) is 10.8. The Morgan fingerprint density at radius 3 is 3.00 bits per heavy atom. The quantitative estimate of drug-likeness (QED) is 0.776. The van der Waals surface area contributed by atoms with Crippen molar-refractivity contribution < 1.29 is 9.53 Å². The predicted octanol–water partition coefficient (Wildman–Crippen LogP) is 1.20. The molecule has 0 aliphatic carbocycles. The lowest BCUT2D eigenvalue weighted by Gasteiger charge is -2.26. The molecule has 4 nitrogen and oxygen atoms in total. The molecule has 0 radical (unpaired) electrons. The molecule has 2 N–H and O–H groups in total. The highest BCUT2D eigenvalue weighted by Crippen LogP contribution is 2.18. The van der Waals surface area contributed by atoms with Crippen LogP contribution in [0.1, 0.15) is 45.4 Å². The number of nitrogens with one attached hydrogen (secondary N) is 2. The van der Waals surface area contributed by atoms with Gasteiger partial charge in [0.1, 0.15) is 0 Å². The van der Waals surface area contributed by atoms with E-state index < -0.39 is 0 Å². The predicted molar refractivity (Wildman–Crippen MR) is 66.9 cm³/mol. The van der Waals surface area contributed by atoms with Crippen molar-refractivity contribution in [2.75, 3.05) is 19.7 Å². The van der Waals surface area contributed by atoms with Gasteiger partial charge in [0, 0.05) is 18.7 Å². The van der Waals surface area contributed by atoms with Crippen LogP contribution < -0.4 is 10.6 Å². The van der Waals surface area contributed by atoms with Crippen molar-refractivity contribution in [3.63, 3.8) is 0 Å². The summed E-state index contributed by atoms with van der Waals surface area (Å²) in [6.07, 6.45) is 6.38. The maximum Gasteiger partial charge on any atom is 0.222 e. The van der Waals surface area contributed by atoms with E-state index >= 15 is 0 Å². The standard InChI is InChI=1S/C13H24N2O2/c1-13(6-4-7-15-13)10-14-12(16)9-11-5-2-3-8-17-11/h11,15H,2-10H2,1H3,(H,14,16). The van der Waals surface area contributed by atoms with Gasteiger partial charge in [-0.3, -0.25) is 4.79 Å². The average Bonchev–Trinajstić information content (AvgIpc) is 2.76. The van der Waals surface area contributed by atoms with E-state index in [1.807, 2.05) is 0 Å². The van der Waals surface area contributed by atoms with Crippen LogP contribution in [0.2, 0.25) is 0 Å². The van der Waals surface area contributed by atoms with Crippen LogP contribution in [0.25, 0.3) is 0 Å². The van der Waals surface area contributed by atoms with Gasteiger partial charge < -0.3 is 15.4 Å². The summed E-state index contributed by atoms with van der Waals surface area (Å²) in [5.41, 5.74) is 0.100. The molecule has 2 rings (SSSR count). The van der Waals surface area contributed by atoms with E-state index in [0.29, 0.717) is 6.42 Å². The molecule has 98 valence electrons. The summed E-state index contributed by atoms with van der Waals surface area (Å²) in [4.78, 5) is 11.8. The lowest BCUT2D eigenvalue weighted by atomic mass is 10.00. The number of rotatable bonds is 4. The monoisotopic (exact) mass is 240 g/mol. The summed E-state index contributed by atoms with van der Waals surface area (Å²) in [5, 5.41) is 6.48. The molecular weight excluding hydrogens is 216 g/mol. The van der Waals surface area contributed by atoms with Crippen LogP contribution in [-0.2, 0) is 9.53 Å². The zero-order chi connectivity index (χ0) is 12.1. The minimum atomic E-state index is 0.100. The summed E-state index contributed by atoms with van der Waals surface area (Å²) < 4.78 is 5.57. The maximum atomic E-state index is 11.8. The molecule has 0 saturated carbocycles. The van der Waals surface area contributed by atoms with Crippen LogP contribution in [0.15, 0.2) is 0 Å². The molecule has 17 heavy (non-hydrogen) atoms. The largest absolute Gasteiger partial charge is 0.378 e. The fraction of sp³-hybridized carbons (Fsp3) is 0.923. The van der Waals surface area contributed by atoms with Crippen LogP contribution in [0, 0.1) is 0 Å². The lowest BCUT2D eigenvalue weighted by molar-refractivity contribution is -0.125. The zero-order valence-corrected chi connectivity index (χ0v) is 10.8. The highest BCUT2D eigenvalue weighted by Gasteiger charge is 2.28. The van der Waals surface area contributed by atoms with Crippen molar-refractivity contribution in [2.24, 2.45) is 0 Å². The van der Waals surface area contributed by atoms with Crippen LogP contribution >= 0.6 is 0 Å². The summed E-state index contributed by atoms with van der Waals surface area (Å²) in [6, 6.07) is 0. The van der Waals surface area contributed by atoms with Crippen molar-refractivity contribution in [2.45, 2.75) is 57.1 Å². The average molecular weight is 240 g/mol.